The second-order valence-corrected chi connectivity index (χ2v) is 6.29. The lowest BCUT2D eigenvalue weighted by Gasteiger charge is -2.06. The molecular formula is C13H17NO2S. The van der Waals surface area contributed by atoms with E-state index in [1.807, 2.05) is 26.0 Å². The van der Waals surface area contributed by atoms with Gasteiger partial charge in [-0.3, -0.25) is 0 Å². The SMILES string of the molecule is Cc1ccc(S(=O)(=O)CCCCC#N)cc1C. The number of aryl methyl sites for hydroxylation is 2. The van der Waals surface area contributed by atoms with Gasteiger partial charge in [-0.1, -0.05) is 6.07 Å². The number of rotatable bonds is 5. The van der Waals surface area contributed by atoms with Gasteiger partial charge in [-0.15, -0.1) is 0 Å². The van der Waals surface area contributed by atoms with Crippen LogP contribution in [0.4, 0.5) is 0 Å². The lowest BCUT2D eigenvalue weighted by atomic mass is 10.1. The van der Waals surface area contributed by atoms with Crippen LogP contribution in [-0.4, -0.2) is 14.2 Å². The number of nitrogens with zero attached hydrogens (tertiary/aromatic N) is 1. The Bertz CT molecular complexity index is 527. The Hall–Kier alpha value is -1.34. The van der Waals surface area contributed by atoms with Gasteiger partial charge in [-0.05, 0) is 49.9 Å². The summed E-state index contributed by atoms with van der Waals surface area (Å²) in [5.41, 5.74) is 2.08. The quantitative estimate of drug-likeness (QED) is 0.756. The second-order valence-electron chi connectivity index (χ2n) is 4.18. The van der Waals surface area contributed by atoms with Crippen molar-refractivity contribution >= 4 is 9.84 Å². The molecule has 3 nitrogen and oxygen atoms in total. The summed E-state index contributed by atoms with van der Waals surface area (Å²) in [4.78, 5) is 0.387. The molecular weight excluding hydrogens is 234 g/mol. The average Bonchev–Trinajstić information content (AvgIpc) is 2.28. The van der Waals surface area contributed by atoms with Crippen LogP contribution in [0.3, 0.4) is 0 Å². The van der Waals surface area contributed by atoms with Crippen molar-refractivity contribution in [1.82, 2.24) is 0 Å². The van der Waals surface area contributed by atoms with Gasteiger partial charge < -0.3 is 0 Å². The Labute approximate surface area is 103 Å². The molecule has 0 aliphatic rings. The summed E-state index contributed by atoms with van der Waals surface area (Å²) in [6.07, 6.45) is 1.60. The van der Waals surface area contributed by atoms with E-state index in [-0.39, 0.29) is 5.75 Å². The molecule has 0 aliphatic carbocycles. The Balaban J connectivity index is 2.76. The highest BCUT2D eigenvalue weighted by molar-refractivity contribution is 7.91. The monoisotopic (exact) mass is 251 g/mol. The summed E-state index contributed by atoms with van der Waals surface area (Å²) in [7, 11) is -3.19. The summed E-state index contributed by atoms with van der Waals surface area (Å²) in [6.45, 7) is 3.86. The summed E-state index contributed by atoms with van der Waals surface area (Å²) < 4.78 is 24.0. The predicted molar refractivity (Wildman–Crippen MR) is 67.4 cm³/mol. The van der Waals surface area contributed by atoms with Crippen molar-refractivity contribution in [2.45, 2.75) is 38.0 Å². The first-order chi connectivity index (χ1) is 7.97. The molecule has 0 saturated heterocycles. The van der Waals surface area contributed by atoms with Crippen molar-refractivity contribution in [3.8, 4) is 6.07 Å². The van der Waals surface area contributed by atoms with E-state index in [1.54, 1.807) is 12.1 Å². The van der Waals surface area contributed by atoms with Gasteiger partial charge in [0.2, 0.25) is 0 Å². The lowest BCUT2D eigenvalue weighted by Crippen LogP contribution is -2.07. The van der Waals surface area contributed by atoms with Crippen molar-refractivity contribution in [2.75, 3.05) is 5.75 Å². The van der Waals surface area contributed by atoms with Gasteiger partial charge in [0.05, 0.1) is 16.7 Å². The van der Waals surface area contributed by atoms with Crippen LogP contribution in [0.5, 0.6) is 0 Å². The molecule has 0 atom stereocenters. The third-order valence-electron chi connectivity index (χ3n) is 2.79. The molecule has 0 amide bonds. The third-order valence-corrected chi connectivity index (χ3v) is 4.59. The molecule has 1 aromatic carbocycles. The zero-order valence-electron chi connectivity index (χ0n) is 10.2. The number of benzene rings is 1. The maximum Gasteiger partial charge on any atom is 0.178 e. The summed E-state index contributed by atoms with van der Waals surface area (Å²) in [5.74, 6) is 0.122. The highest BCUT2D eigenvalue weighted by Gasteiger charge is 2.14. The van der Waals surface area contributed by atoms with Crippen LogP contribution in [0.15, 0.2) is 23.1 Å². The number of hydrogen-bond acceptors (Lipinski definition) is 3. The topological polar surface area (TPSA) is 57.9 Å². The standard InChI is InChI=1S/C13H17NO2S/c1-11-6-7-13(10-12(11)2)17(15,16)9-5-3-4-8-14/h6-7,10H,3-5,9H2,1-2H3. The minimum atomic E-state index is -3.19. The van der Waals surface area contributed by atoms with Gasteiger partial charge in [0.25, 0.3) is 0 Å². The zero-order valence-corrected chi connectivity index (χ0v) is 11.0. The van der Waals surface area contributed by atoms with Crippen molar-refractivity contribution < 1.29 is 8.42 Å². The van der Waals surface area contributed by atoms with Crippen molar-refractivity contribution in [3.63, 3.8) is 0 Å². The Morgan fingerprint density at radius 2 is 1.88 bits per heavy atom. The van der Waals surface area contributed by atoms with Gasteiger partial charge >= 0.3 is 0 Å². The fraction of sp³-hybridized carbons (Fsp3) is 0.462. The number of sulfone groups is 1. The Kier molecular flexibility index (Phi) is 4.71. The van der Waals surface area contributed by atoms with Crippen LogP contribution in [0.1, 0.15) is 30.4 Å². The molecule has 0 aromatic heterocycles. The summed E-state index contributed by atoms with van der Waals surface area (Å²) in [5, 5.41) is 8.38. The highest BCUT2D eigenvalue weighted by atomic mass is 32.2. The lowest BCUT2D eigenvalue weighted by molar-refractivity contribution is 0.591. The van der Waals surface area contributed by atoms with Crippen LogP contribution >= 0.6 is 0 Å². The van der Waals surface area contributed by atoms with Crippen molar-refractivity contribution in [1.29, 1.82) is 5.26 Å². The maximum absolute atomic E-state index is 12.0. The molecule has 1 rings (SSSR count). The fourth-order valence-corrected chi connectivity index (χ4v) is 2.97. The van der Waals surface area contributed by atoms with Crippen LogP contribution in [-0.2, 0) is 9.84 Å². The minimum absolute atomic E-state index is 0.122. The zero-order chi connectivity index (χ0) is 12.9. The van der Waals surface area contributed by atoms with E-state index in [2.05, 4.69) is 0 Å². The maximum atomic E-state index is 12.0. The number of hydrogen-bond donors (Lipinski definition) is 0. The second kappa shape index (κ2) is 5.83. The molecule has 0 N–H and O–H groups in total. The smallest absolute Gasteiger partial charge is 0.178 e. The molecule has 0 aliphatic heterocycles. The first-order valence-corrected chi connectivity index (χ1v) is 7.29. The van der Waals surface area contributed by atoms with Gasteiger partial charge in [0.15, 0.2) is 9.84 Å². The van der Waals surface area contributed by atoms with Crippen LogP contribution in [0.2, 0.25) is 0 Å². The first kappa shape index (κ1) is 13.7. The van der Waals surface area contributed by atoms with E-state index < -0.39 is 9.84 Å². The molecule has 92 valence electrons. The van der Waals surface area contributed by atoms with E-state index >= 15 is 0 Å². The number of nitriles is 1. The molecule has 0 spiro atoms. The molecule has 4 heteroatoms. The molecule has 0 bridgehead atoms. The molecule has 0 fully saturated rings. The average molecular weight is 251 g/mol. The van der Waals surface area contributed by atoms with E-state index in [0.717, 1.165) is 11.1 Å². The number of unbranched alkanes of at least 4 members (excludes halogenated alkanes) is 2. The van der Waals surface area contributed by atoms with Crippen molar-refractivity contribution in [2.24, 2.45) is 0 Å². The molecule has 0 unspecified atom stereocenters. The molecule has 0 radical (unpaired) electrons. The Morgan fingerprint density at radius 3 is 2.47 bits per heavy atom. The normalized spacial score (nSPS) is 11.1. The predicted octanol–water partition coefficient (Wildman–Crippen LogP) is 2.77. The van der Waals surface area contributed by atoms with Crippen molar-refractivity contribution in [3.05, 3.63) is 29.3 Å². The van der Waals surface area contributed by atoms with E-state index in [4.69, 9.17) is 5.26 Å². The molecule has 0 saturated carbocycles. The van der Waals surface area contributed by atoms with Gasteiger partial charge in [0, 0.05) is 6.42 Å². The largest absolute Gasteiger partial charge is 0.224 e. The third kappa shape index (κ3) is 3.86. The van der Waals surface area contributed by atoms with Gasteiger partial charge in [0.1, 0.15) is 0 Å². The fourth-order valence-electron chi connectivity index (χ4n) is 1.52. The van der Waals surface area contributed by atoms with E-state index in [1.165, 1.54) is 0 Å². The van der Waals surface area contributed by atoms with Gasteiger partial charge in [-0.2, -0.15) is 5.26 Å². The molecule has 0 heterocycles. The molecule has 17 heavy (non-hydrogen) atoms. The Morgan fingerprint density at radius 1 is 1.18 bits per heavy atom. The van der Waals surface area contributed by atoms with Crippen LogP contribution in [0, 0.1) is 25.2 Å². The first-order valence-electron chi connectivity index (χ1n) is 5.64. The minimum Gasteiger partial charge on any atom is -0.224 e. The highest BCUT2D eigenvalue weighted by Crippen LogP contribution is 2.17. The molecule has 1 aromatic rings. The summed E-state index contributed by atoms with van der Waals surface area (Å²) in [6, 6.07) is 7.22. The van der Waals surface area contributed by atoms with Gasteiger partial charge in [-0.25, -0.2) is 8.42 Å². The van der Waals surface area contributed by atoms with Crippen LogP contribution < -0.4 is 0 Å². The van der Waals surface area contributed by atoms with E-state index in [0.29, 0.717) is 24.2 Å². The summed E-state index contributed by atoms with van der Waals surface area (Å²) >= 11 is 0. The van der Waals surface area contributed by atoms with Crippen LogP contribution in [0.25, 0.3) is 0 Å². The van der Waals surface area contributed by atoms with E-state index in [9.17, 15) is 8.42 Å².